The molecule has 0 atom stereocenters. The summed E-state index contributed by atoms with van der Waals surface area (Å²) in [7, 11) is 0. The zero-order valence-corrected chi connectivity index (χ0v) is 11.7. The molecule has 1 aromatic carbocycles. The van der Waals surface area contributed by atoms with E-state index in [0.717, 1.165) is 38.2 Å². The number of para-hydroxylation sites is 1. The van der Waals surface area contributed by atoms with Crippen molar-refractivity contribution in [1.29, 1.82) is 0 Å². The lowest BCUT2D eigenvalue weighted by Crippen LogP contribution is -2.47. The van der Waals surface area contributed by atoms with Gasteiger partial charge in [-0.25, -0.2) is 0 Å². The summed E-state index contributed by atoms with van der Waals surface area (Å²) in [4.78, 5) is 16.6. The first-order valence-corrected chi connectivity index (χ1v) is 7.15. The average Bonchev–Trinajstić information content (AvgIpc) is 2.49. The quantitative estimate of drug-likeness (QED) is 0.776. The lowest BCUT2D eigenvalue weighted by Gasteiger charge is -2.39. The molecule has 2 rings (SSSR count). The number of rotatable bonds is 4. The summed E-state index contributed by atoms with van der Waals surface area (Å²) in [5.41, 5.74) is 1.03. The number of carbonyl (C=O) groups is 1. The van der Waals surface area contributed by atoms with Gasteiger partial charge in [0.05, 0.1) is 0 Å². The van der Waals surface area contributed by atoms with Crippen LogP contribution < -0.4 is 4.90 Å². The highest BCUT2D eigenvalue weighted by Gasteiger charge is 2.27. The molecular formula is C16H23N2O-. The Morgan fingerprint density at radius 2 is 1.95 bits per heavy atom. The minimum absolute atomic E-state index is 0.222. The number of carbonyl (C=O) groups excluding carboxylic acids is 1. The maximum absolute atomic E-state index is 12.3. The number of piperidine rings is 1. The van der Waals surface area contributed by atoms with Gasteiger partial charge >= 0.3 is 0 Å². The van der Waals surface area contributed by atoms with E-state index >= 15 is 0 Å². The van der Waals surface area contributed by atoms with E-state index in [9.17, 15) is 4.79 Å². The molecule has 1 fully saturated rings. The molecule has 3 heteroatoms. The molecule has 1 aromatic rings. The molecule has 1 amide bonds. The van der Waals surface area contributed by atoms with Gasteiger partial charge in [-0.05, 0) is 38.1 Å². The van der Waals surface area contributed by atoms with Crippen molar-refractivity contribution >= 4 is 11.6 Å². The summed E-state index contributed by atoms with van der Waals surface area (Å²) < 4.78 is 0. The van der Waals surface area contributed by atoms with E-state index in [4.69, 9.17) is 0 Å². The molecule has 104 valence electrons. The van der Waals surface area contributed by atoms with Gasteiger partial charge in [-0.2, -0.15) is 0 Å². The van der Waals surface area contributed by atoms with Crippen LogP contribution in [-0.2, 0) is 4.79 Å². The fourth-order valence-electron chi connectivity index (χ4n) is 2.72. The number of hydrogen-bond donors (Lipinski definition) is 0. The fraction of sp³-hybridized carbons (Fsp3) is 0.500. The molecule has 1 aliphatic rings. The van der Waals surface area contributed by atoms with Crippen molar-refractivity contribution in [2.75, 3.05) is 24.5 Å². The Labute approximate surface area is 116 Å². The van der Waals surface area contributed by atoms with Crippen molar-refractivity contribution in [3.8, 4) is 0 Å². The van der Waals surface area contributed by atoms with Crippen LogP contribution in [0.1, 0.15) is 26.2 Å². The third kappa shape index (κ3) is 3.35. The van der Waals surface area contributed by atoms with Crippen molar-refractivity contribution in [2.24, 2.45) is 0 Å². The van der Waals surface area contributed by atoms with E-state index in [1.54, 1.807) is 0 Å². The molecule has 19 heavy (non-hydrogen) atoms. The van der Waals surface area contributed by atoms with Crippen LogP contribution in [0.15, 0.2) is 30.3 Å². The van der Waals surface area contributed by atoms with E-state index in [2.05, 4.69) is 11.8 Å². The lowest BCUT2D eigenvalue weighted by atomic mass is 10.0. The Bertz CT molecular complexity index is 396. The Balaban J connectivity index is 2.13. The van der Waals surface area contributed by atoms with E-state index in [0.29, 0.717) is 12.5 Å². The van der Waals surface area contributed by atoms with E-state index < -0.39 is 0 Å². The Morgan fingerprint density at radius 3 is 2.47 bits per heavy atom. The molecule has 0 bridgehead atoms. The second-order valence-corrected chi connectivity index (χ2v) is 5.03. The van der Waals surface area contributed by atoms with E-state index in [1.165, 1.54) is 0 Å². The van der Waals surface area contributed by atoms with Crippen molar-refractivity contribution in [1.82, 2.24) is 4.90 Å². The first-order valence-electron chi connectivity index (χ1n) is 7.15. The standard InChI is InChI=1S/C16H23N2O/c1-3-16(19)18(14-8-6-5-7-9-14)15-10-12-17(4-2)13-11-15/h5-9,15H,2-4,10-13H2,1H3/q-1. The smallest absolute Gasteiger partial charge is 0.226 e. The third-order valence-electron chi connectivity index (χ3n) is 3.84. The number of nitrogens with zero attached hydrogens (tertiary/aromatic N) is 2. The normalized spacial score (nSPS) is 17.4. The largest absolute Gasteiger partial charge is 0.333 e. The summed E-state index contributed by atoms with van der Waals surface area (Å²) in [5.74, 6) is 0.222. The third-order valence-corrected chi connectivity index (χ3v) is 3.84. The first kappa shape index (κ1) is 14.1. The predicted molar refractivity (Wildman–Crippen MR) is 79.0 cm³/mol. The molecule has 3 nitrogen and oxygen atoms in total. The number of amides is 1. The molecule has 1 heterocycles. The van der Waals surface area contributed by atoms with Gasteiger partial charge in [0.1, 0.15) is 0 Å². The first-order chi connectivity index (χ1) is 9.26. The SMILES string of the molecule is [CH2-]CN1CCC(N(C(=O)CC)c2ccccc2)CC1. The summed E-state index contributed by atoms with van der Waals surface area (Å²) in [6.45, 7) is 8.80. The molecule has 1 saturated heterocycles. The van der Waals surface area contributed by atoms with Gasteiger partial charge in [0, 0.05) is 18.2 Å². The highest BCUT2D eigenvalue weighted by atomic mass is 16.2. The Kier molecular flexibility index (Phi) is 4.97. The van der Waals surface area contributed by atoms with E-state index in [-0.39, 0.29) is 5.91 Å². The number of anilines is 1. The number of likely N-dealkylation sites (tertiary alicyclic amines) is 1. The molecule has 0 radical (unpaired) electrons. The van der Waals surface area contributed by atoms with Gasteiger partial charge in [-0.15, -0.1) is 6.54 Å². The second kappa shape index (κ2) is 6.71. The van der Waals surface area contributed by atoms with Crippen LogP contribution in [0.2, 0.25) is 0 Å². The van der Waals surface area contributed by atoms with E-state index in [1.807, 2.05) is 42.2 Å². The summed E-state index contributed by atoms with van der Waals surface area (Å²) in [6.07, 6.45) is 2.64. The minimum Gasteiger partial charge on any atom is -0.333 e. The highest BCUT2D eigenvalue weighted by molar-refractivity contribution is 5.93. The second-order valence-electron chi connectivity index (χ2n) is 5.03. The maximum Gasteiger partial charge on any atom is 0.226 e. The number of hydrogen-bond acceptors (Lipinski definition) is 2. The average molecular weight is 259 g/mol. The monoisotopic (exact) mass is 259 g/mol. The molecule has 0 N–H and O–H groups in total. The molecule has 0 saturated carbocycles. The zero-order valence-electron chi connectivity index (χ0n) is 11.7. The summed E-state index contributed by atoms with van der Waals surface area (Å²) in [5, 5.41) is 0. The van der Waals surface area contributed by atoms with Crippen LogP contribution in [0.25, 0.3) is 0 Å². The molecule has 0 spiro atoms. The van der Waals surface area contributed by atoms with Gasteiger partial charge in [0.2, 0.25) is 5.91 Å². The Hall–Kier alpha value is -1.35. The van der Waals surface area contributed by atoms with Crippen LogP contribution in [0.4, 0.5) is 5.69 Å². The van der Waals surface area contributed by atoms with Crippen LogP contribution >= 0.6 is 0 Å². The Morgan fingerprint density at radius 1 is 1.32 bits per heavy atom. The van der Waals surface area contributed by atoms with Crippen LogP contribution in [0, 0.1) is 6.92 Å². The van der Waals surface area contributed by atoms with Gasteiger partial charge in [0.15, 0.2) is 0 Å². The van der Waals surface area contributed by atoms with Gasteiger partial charge in [0.25, 0.3) is 0 Å². The number of benzene rings is 1. The predicted octanol–water partition coefficient (Wildman–Crippen LogP) is 2.73. The molecule has 0 aliphatic carbocycles. The molecule has 0 aromatic heterocycles. The van der Waals surface area contributed by atoms with Crippen molar-refractivity contribution in [3.63, 3.8) is 0 Å². The summed E-state index contributed by atoms with van der Waals surface area (Å²) >= 11 is 0. The maximum atomic E-state index is 12.3. The van der Waals surface area contributed by atoms with Crippen molar-refractivity contribution in [2.45, 2.75) is 32.2 Å². The van der Waals surface area contributed by atoms with Crippen molar-refractivity contribution in [3.05, 3.63) is 37.3 Å². The van der Waals surface area contributed by atoms with Crippen LogP contribution in [0.3, 0.4) is 0 Å². The van der Waals surface area contributed by atoms with Crippen molar-refractivity contribution < 1.29 is 4.79 Å². The van der Waals surface area contributed by atoms with Gasteiger partial charge < -0.3 is 16.7 Å². The van der Waals surface area contributed by atoms with Gasteiger partial charge in [-0.3, -0.25) is 4.79 Å². The van der Waals surface area contributed by atoms with Crippen LogP contribution in [-0.4, -0.2) is 36.5 Å². The minimum atomic E-state index is 0.222. The zero-order chi connectivity index (χ0) is 13.7. The summed E-state index contributed by atoms with van der Waals surface area (Å²) in [6, 6.07) is 10.4. The topological polar surface area (TPSA) is 23.6 Å². The van der Waals surface area contributed by atoms with Gasteiger partial charge in [-0.1, -0.05) is 25.1 Å². The molecule has 1 aliphatic heterocycles. The van der Waals surface area contributed by atoms with Crippen LogP contribution in [0.5, 0.6) is 0 Å². The highest BCUT2D eigenvalue weighted by Crippen LogP contribution is 2.24. The lowest BCUT2D eigenvalue weighted by molar-refractivity contribution is -0.119. The fourth-order valence-corrected chi connectivity index (χ4v) is 2.72. The molecule has 0 unspecified atom stereocenters. The molecular weight excluding hydrogens is 236 g/mol.